The number of pyridine rings is 1. The van der Waals surface area contributed by atoms with Gasteiger partial charge in [0.1, 0.15) is 0 Å². The van der Waals surface area contributed by atoms with Gasteiger partial charge in [-0.15, -0.1) is 0 Å². The molecule has 0 aliphatic carbocycles. The molecule has 0 aliphatic rings. The van der Waals surface area contributed by atoms with Gasteiger partial charge in [0.15, 0.2) is 0 Å². The largest absolute Gasteiger partial charge is 0.379 e. The van der Waals surface area contributed by atoms with Crippen molar-refractivity contribution in [3.8, 4) is 0 Å². The maximum Gasteiger partial charge on any atom is 0.0631 e. The van der Waals surface area contributed by atoms with E-state index in [1.165, 1.54) is 11.1 Å². The number of rotatable bonds is 3. The Morgan fingerprint density at radius 1 is 1.18 bits per heavy atom. The summed E-state index contributed by atoms with van der Waals surface area (Å²) in [5.74, 6) is 0. The highest BCUT2D eigenvalue weighted by molar-refractivity contribution is 9.11. The third kappa shape index (κ3) is 3.30. The summed E-state index contributed by atoms with van der Waals surface area (Å²) in [6, 6.07) is 8.15. The number of benzene rings is 1. The number of para-hydroxylation sites is 1. The molecule has 2 nitrogen and oxygen atoms in total. The summed E-state index contributed by atoms with van der Waals surface area (Å²) in [6.45, 7) is 2.81. The van der Waals surface area contributed by atoms with Crippen molar-refractivity contribution in [1.29, 1.82) is 0 Å². The van der Waals surface area contributed by atoms with E-state index in [-0.39, 0.29) is 0 Å². The molecule has 2 rings (SSSR count). The molecule has 0 spiro atoms. The van der Waals surface area contributed by atoms with Crippen molar-refractivity contribution in [3.63, 3.8) is 0 Å². The lowest BCUT2D eigenvalue weighted by Crippen LogP contribution is -2.01. The first-order valence-corrected chi connectivity index (χ1v) is 6.84. The Balaban J connectivity index is 2.13. The van der Waals surface area contributed by atoms with Gasteiger partial charge in [0, 0.05) is 27.9 Å². The van der Waals surface area contributed by atoms with Gasteiger partial charge in [-0.3, -0.25) is 4.98 Å². The Morgan fingerprint density at radius 2 is 1.88 bits per heavy atom. The van der Waals surface area contributed by atoms with E-state index in [9.17, 15) is 0 Å². The SMILES string of the molecule is Cc1cncc(CNc2c(Br)cccc2Br)c1. The Morgan fingerprint density at radius 3 is 2.53 bits per heavy atom. The molecule has 0 fully saturated rings. The molecule has 0 saturated heterocycles. The summed E-state index contributed by atoms with van der Waals surface area (Å²) in [4.78, 5) is 4.18. The van der Waals surface area contributed by atoms with Gasteiger partial charge in [0.2, 0.25) is 0 Å². The zero-order valence-electron chi connectivity index (χ0n) is 9.37. The van der Waals surface area contributed by atoms with E-state index >= 15 is 0 Å². The molecule has 2 aromatic rings. The van der Waals surface area contributed by atoms with Crippen LogP contribution in [0.4, 0.5) is 5.69 Å². The highest BCUT2D eigenvalue weighted by Crippen LogP contribution is 2.30. The van der Waals surface area contributed by atoms with Crippen LogP contribution in [0.15, 0.2) is 45.6 Å². The van der Waals surface area contributed by atoms with Gasteiger partial charge in [0.25, 0.3) is 0 Å². The predicted molar refractivity (Wildman–Crippen MR) is 78.1 cm³/mol. The molecule has 1 aromatic heterocycles. The van der Waals surface area contributed by atoms with E-state index in [2.05, 4.69) is 48.2 Å². The van der Waals surface area contributed by atoms with Crippen LogP contribution in [-0.2, 0) is 6.54 Å². The number of hydrogen-bond donors (Lipinski definition) is 1. The zero-order chi connectivity index (χ0) is 12.3. The molecule has 0 saturated carbocycles. The minimum absolute atomic E-state index is 0.760. The van der Waals surface area contributed by atoms with Gasteiger partial charge in [-0.05, 0) is 62.0 Å². The fraction of sp³-hybridized carbons (Fsp3) is 0.154. The van der Waals surface area contributed by atoms with Crippen LogP contribution < -0.4 is 5.32 Å². The van der Waals surface area contributed by atoms with Crippen LogP contribution in [0.1, 0.15) is 11.1 Å². The fourth-order valence-corrected chi connectivity index (χ4v) is 2.85. The van der Waals surface area contributed by atoms with Crippen molar-refractivity contribution in [3.05, 3.63) is 56.7 Å². The molecule has 0 bridgehead atoms. The van der Waals surface area contributed by atoms with E-state index < -0.39 is 0 Å². The molecule has 4 heteroatoms. The van der Waals surface area contributed by atoms with Gasteiger partial charge in [-0.25, -0.2) is 0 Å². The molecule has 0 atom stereocenters. The van der Waals surface area contributed by atoms with Crippen molar-refractivity contribution in [1.82, 2.24) is 4.98 Å². The van der Waals surface area contributed by atoms with E-state index in [1.807, 2.05) is 37.5 Å². The lowest BCUT2D eigenvalue weighted by Gasteiger charge is -2.10. The fourth-order valence-electron chi connectivity index (χ4n) is 1.57. The normalized spacial score (nSPS) is 10.3. The molecule has 1 aromatic carbocycles. The molecule has 0 amide bonds. The number of halogens is 2. The highest BCUT2D eigenvalue weighted by Gasteiger charge is 2.03. The summed E-state index contributed by atoms with van der Waals surface area (Å²) in [5, 5.41) is 3.39. The quantitative estimate of drug-likeness (QED) is 0.875. The van der Waals surface area contributed by atoms with Crippen molar-refractivity contribution in [2.45, 2.75) is 13.5 Å². The molecule has 1 N–H and O–H groups in total. The second-order valence-corrected chi connectivity index (χ2v) is 5.53. The summed E-state index contributed by atoms with van der Waals surface area (Å²) >= 11 is 7.05. The second kappa shape index (κ2) is 5.65. The Hall–Kier alpha value is -0.870. The van der Waals surface area contributed by atoms with Gasteiger partial charge in [-0.2, -0.15) is 0 Å². The number of hydrogen-bond acceptors (Lipinski definition) is 2. The van der Waals surface area contributed by atoms with E-state index in [0.717, 1.165) is 21.2 Å². The smallest absolute Gasteiger partial charge is 0.0631 e. The van der Waals surface area contributed by atoms with Gasteiger partial charge >= 0.3 is 0 Å². The molecular weight excluding hydrogens is 344 g/mol. The first-order valence-electron chi connectivity index (χ1n) is 5.25. The van der Waals surface area contributed by atoms with E-state index in [4.69, 9.17) is 0 Å². The lowest BCUT2D eigenvalue weighted by molar-refractivity contribution is 1.09. The number of nitrogens with zero attached hydrogens (tertiary/aromatic N) is 1. The molecule has 88 valence electrons. The molecular formula is C13H12Br2N2. The van der Waals surface area contributed by atoms with Crippen LogP contribution in [0.3, 0.4) is 0 Å². The molecule has 0 radical (unpaired) electrons. The molecule has 0 unspecified atom stereocenters. The number of aromatic nitrogens is 1. The molecule has 0 aliphatic heterocycles. The van der Waals surface area contributed by atoms with Crippen LogP contribution in [0, 0.1) is 6.92 Å². The van der Waals surface area contributed by atoms with Crippen molar-refractivity contribution in [2.24, 2.45) is 0 Å². The molecule has 17 heavy (non-hydrogen) atoms. The van der Waals surface area contributed by atoms with Crippen LogP contribution in [0.25, 0.3) is 0 Å². The van der Waals surface area contributed by atoms with Crippen LogP contribution in [-0.4, -0.2) is 4.98 Å². The van der Waals surface area contributed by atoms with Crippen molar-refractivity contribution >= 4 is 37.5 Å². The van der Waals surface area contributed by atoms with E-state index in [0.29, 0.717) is 0 Å². The highest BCUT2D eigenvalue weighted by atomic mass is 79.9. The van der Waals surface area contributed by atoms with Crippen LogP contribution in [0.5, 0.6) is 0 Å². The van der Waals surface area contributed by atoms with E-state index in [1.54, 1.807) is 0 Å². The Labute approximate surface area is 118 Å². The predicted octanol–water partition coefficient (Wildman–Crippen LogP) is 4.53. The van der Waals surface area contributed by atoms with Crippen molar-refractivity contribution < 1.29 is 0 Å². The number of nitrogens with one attached hydrogen (secondary N) is 1. The van der Waals surface area contributed by atoms with Crippen LogP contribution >= 0.6 is 31.9 Å². The van der Waals surface area contributed by atoms with Gasteiger partial charge in [-0.1, -0.05) is 12.1 Å². The Bertz CT molecular complexity index is 506. The average Bonchev–Trinajstić information content (AvgIpc) is 2.28. The van der Waals surface area contributed by atoms with Crippen molar-refractivity contribution in [2.75, 3.05) is 5.32 Å². The summed E-state index contributed by atoms with van der Waals surface area (Å²) < 4.78 is 2.10. The monoisotopic (exact) mass is 354 g/mol. The first kappa shape index (κ1) is 12.6. The molecule has 1 heterocycles. The number of anilines is 1. The average molecular weight is 356 g/mol. The lowest BCUT2D eigenvalue weighted by atomic mass is 10.2. The van der Waals surface area contributed by atoms with Crippen LogP contribution in [0.2, 0.25) is 0 Å². The number of aryl methyl sites for hydroxylation is 1. The minimum Gasteiger partial charge on any atom is -0.379 e. The maximum atomic E-state index is 4.18. The standard InChI is InChI=1S/C13H12Br2N2/c1-9-5-10(7-16-6-9)8-17-13-11(14)3-2-4-12(13)15/h2-7,17H,8H2,1H3. The Kier molecular flexibility index (Phi) is 4.18. The van der Waals surface area contributed by atoms with Gasteiger partial charge in [0.05, 0.1) is 5.69 Å². The summed E-state index contributed by atoms with van der Waals surface area (Å²) in [5.41, 5.74) is 3.41. The summed E-state index contributed by atoms with van der Waals surface area (Å²) in [6.07, 6.45) is 3.74. The first-order chi connectivity index (χ1) is 8.16. The zero-order valence-corrected chi connectivity index (χ0v) is 12.5. The minimum atomic E-state index is 0.760. The second-order valence-electron chi connectivity index (χ2n) is 3.82. The third-order valence-corrected chi connectivity index (χ3v) is 3.69. The summed E-state index contributed by atoms with van der Waals surface area (Å²) in [7, 11) is 0. The topological polar surface area (TPSA) is 24.9 Å². The maximum absolute atomic E-state index is 4.18. The van der Waals surface area contributed by atoms with Gasteiger partial charge < -0.3 is 5.32 Å². The third-order valence-electron chi connectivity index (χ3n) is 2.36.